The third kappa shape index (κ3) is 3.20. The van der Waals surface area contributed by atoms with Crippen LogP contribution >= 0.6 is 0 Å². The minimum absolute atomic E-state index is 0.0677. The van der Waals surface area contributed by atoms with Gasteiger partial charge in [0.1, 0.15) is 0 Å². The molecule has 1 aromatic carbocycles. The summed E-state index contributed by atoms with van der Waals surface area (Å²) in [7, 11) is 3.11. The van der Waals surface area contributed by atoms with Crippen molar-refractivity contribution in [2.45, 2.75) is 25.9 Å². The summed E-state index contributed by atoms with van der Waals surface area (Å²) in [5, 5.41) is 12.2. The number of guanidine groups is 1. The summed E-state index contributed by atoms with van der Waals surface area (Å²) in [5.74, 6) is 0.680. The summed E-state index contributed by atoms with van der Waals surface area (Å²) in [6, 6.07) is 7.03. The van der Waals surface area contributed by atoms with E-state index in [4.69, 9.17) is 5.11 Å². The molecule has 2 aliphatic heterocycles. The molecule has 8 nitrogen and oxygen atoms in total. The van der Waals surface area contributed by atoms with Crippen molar-refractivity contribution in [2.24, 2.45) is 4.99 Å². The average Bonchev–Trinajstić information content (AvgIpc) is 2.97. The Morgan fingerprint density at radius 1 is 1.27 bits per heavy atom. The topological polar surface area (TPSA) is 88.2 Å². The Balaban J connectivity index is 1.97. The zero-order valence-electron chi connectivity index (χ0n) is 15.3. The number of aliphatic hydroxyl groups is 1. The molecule has 1 saturated heterocycles. The van der Waals surface area contributed by atoms with Crippen LogP contribution in [0.2, 0.25) is 0 Å². The lowest BCUT2D eigenvalue weighted by Gasteiger charge is -2.31. The van der Waals surface area contributed by atoms with E-state index in [-0.39, 0.29) is 12.5 Å². The summed E-state index contributed by atoms with van der Waals surface area (Å²) in [6.07, 6.45) is 0.569. The monoisotopic (exact) mass is 358 g/mol. The van der Waals surface area contributed by atoms with Crippen LogP contribution in [0.1, 0.15) is 17.5 Å². The van der Waals surface area contributed by atoms with Gasteiger partial charge in [0.05, 0.1) is 13.1 Å². The second kappa shape index (κ2) is 7.25. The Morgan fingerprint density at radius 3 is 2.73 bits per heavy atom. The van der Waals surface area contributed by atoms with Crippen LogP contribution in [0.5, 0.6) is 0 Å². The fourth-order valence-corrected chi connectivity index (χ4v) is 3.19. The van der Waals surface area contributed by atoms with E-state index < -0.39 is 12.1 Å². The van der Waals surface area contributed by atoms with Crippen LogP contribution < -0.4 is 5.32 Å². The predicted octanol–water partition coefficient (Wildman–Crippen LogP) is 0.140. The van der Waals surface area contributed by atoms with Crippen molar-refractivity contribution < 1.29 is 19.3 Å². The highest BCUT2D eigenvalue weighted by molar-refractivity contribution is 6.22. The van der Waals surface area contributed by atoms with Gasteiger partial charge in [-0.15, -0.1) is 0 Å². The highest BCUT2D eigenvalue weighted by Gasteiger charge is 2.51. The van der Waals surface area contributed by atoms with Crippen molar-refractivity contribution in [3.8, 4) is 0 Å². The van der Waals surface area contributed by atoms with E-state index in [0.717, 1.165) is 16.0 Å². The van der Waals surface area contributed by atoms with Crippen LogP contribution in [-0.4, -0.2) is 76.5 Å². The van der Waals surface area contributed by atoms with Crippen molar-refractivity contribution in [1.82, 2.24) is 15.1 Å². The maximum Gasteiger partial charge on any atom is 0.390 e. The first-order valence-electron chi connectivity index (χ1n) is 8.61. The molecule has 2 heterocycles. The smallest absolute Gasteiger partial charge is 0.390 e. The fourth-order valence-electron chi connectivity index (χ4n) is 3.19. The number of carbonyl (C=O) groups excluding carboxylic acids is 2. The predicted molar refractivity (Wildman–Crippen MR) is 97.0 cm³/mol. The van der Waals surface area contributed by atoms with Gasteiger partial charge in [-0.05, 0) is 12.5 Å². The molecule has 2 N–H and O–H groups in total. The molecule has 1 aromatic rings. The van der Waals surface area contributed by atoms with Crippen LogP contribution in [0, 0.1) is 6.92 Å². The summed E-state index contributed by atoms with van der Waals surface area (Å²) in [5.41, 5.74) is 2.19. The third-order valence-electron chi connectivity index (χ3n) is 4.58. The minimum Gasteiger partial charge on any atom is -0.396 e. The van der Waals surface area contributed by atoms with E-state index in [2.05, 4.69) is 16.4 Å². The van der Waals surface area contributed by atoms with Crippen LogP contribution in [0.4, 0.5) is 4.79 Å². The van der Waals surface area contributed by atoms with Crippen molar-refractivity contribution in [2.75, 3.05) is 27.2 Å². The number of aliphatic imine (C=N–C) groups is 1. The molecule has 0 saturated carbocycles. The van der Waals surface area contributed by atoms with Crippen LogP contribution in [0.25, 0.3) is 0 Å². The zero-order chi connectivity index (χ0) is 18.8. The molecule has 26 heavy (non-hydrogen) atoms. The van der Waals surface area contributed by atoms with Gasteiger partial charge in [-0.25, -0.2) is 9.37 Å². The van der Waals surface area contributed by atoms with Crippen molar-refractivity contribution in [1.29, 1.82) is 0 Å². The largest absolute Gasteiger partial charge is 0.396 e. The number of likely N-dealkylation sites (N-methyl/N-ethyl adjacent to an activating group) is 2. The van der Waals surface area contributed by atoms with E-state index in [0.29, 0.717) is 31.3 Å². The van der Waals surface area contributed by atoms with Crippen molar-refractivity contribution in [3.63, 3.8) is 0 Å². The lowest BCUT2D eigenvalue weighted by molar-refractivity contribution is -0.553. The molecule has 1 unspecified atom stereocenters. The minimum atomic E-state index is -0.639. The standard InChI is InChI=1S/C18H23N5O3/c1-12-6-4-7-13(10-12)11-23-14-15(20-17(23)19-8-5-9-24)21(2)18(26)22(3)16(14)25/h4,6-7,10,14,24H,5,8-9,11H2,1-3H3/p+1. The van der Waals surface area contributed by atoms with Gasteiger partial charge in [-0.1, -0.05) is 34.8 Å². The van der Waals surface area contributed by atoms with E-state index in [1.54, 1.807) is 7.05 Å². The van der Waals surface area contributed by atoms with E-state index in [1.165, 1.54) is 11.9 Å². The molecule has 0 aliphatic carbocycles. The first-order valence-corrected chi connectivity index (χ1v) is 8.61. The maximum atomic E-state index is 12.8. The average molecular weight is 358 g/mol. The van der Waals surface area contributed by atoms with Crippen LogP contribution in [0.3, 0.4) is 0 Å². The molecule has 2 aliphatic rings. The molecule has 138 valence electrons. The number of aryl methyl sites for hydroxylation is 1. The second-order valence-electron chi connectivity index (χ2n) is 6.56. The Morgan fingerprint density at radius 2 is 2.04 bits per heavy atom. The Kier molecular flexibility index (Phi) is 5.03. The van der Waals surface area contributed by atoms with Gasteiger partial charge in [0.15, 0.2) is 0 Å². The Labute approximate surface area is 152 Å². The number of benzene rings is 1. The molecular formula is C18H24N5O3+. The molecule has 1 fully saturated rings. The fraction of sp³-hybridized carbons (Fsp3) is 0.444. The molecule has 8 heteroatoms. The SMILES string of the molecule is Cc1cccc(C[N+]2=C(NCCCO)N=C3C2C(=O)N(C)C(=O)N3C)c1. The molecule has 0 radical (unpaired) electrons. The van der Waals surface area contributed by atoms with Gasteiger partial charge >= 0.3 is 12.0 Å². The van der Waals surface area contributed by atoms with Gasteiger partial charge in [0.25, 0.3) is 5.91 Å². The molecule has 0 spiro atoms. The van der Waals surface area contributed by atoms with E-state index in [9.17, 15) is 9.59 Å². The lowest BCUT2D eigenvalue weighted by Crippen LogP contribution is -2.61. The highest BCUT2D eigenvalue weighted by atomic mass is 16.3. The molecule has 1 atom stereocenters. The quantitative estimate of drug-likeness (QED) is 0.579. The number of urea groups is 1. The lowest BCUT2D eigenvalue weighted by atomic mass is 10.1. The molecule has 3 amide bonds. The van der Waals surface area contributed by atoms with Gasteiger partial charge in [0, 0.05) is 27.1 Å². The molecule has 0 bridgehead atoms. The number of amidine groups is 1. The number of nitrogens with one attached hydrogen (secondary N) is 1. The van der Waals surface area contributed by atoms with E-state index >= 15 is 0 Å². The number of carbonyl (C=O) groups is 2. The summed E-state index contributed by atoms with van der Waals surface area (Å²) < 4.78 is 1.88. The van der Waals surface area contributed by atoms with Gasteiger partial charge < -0.3 is 5.11 Å². The molecular weight excluding hydrogens is 334 g/mol. The Bertz CT molecular complexity index is 802. The van der Waals surface area contributed by atoms with Gasteiger partial charge in [0.2, 0.25) is 11.9 Å². The number of amides is 3. The van der Waals surface area contributed by atoms with E-state index in [1.807, 2.05) is 29.7 Å². The Hall–Kier alpha value is -2.74. The highest BCUT2D eigenvalue weighted by Crippen LogP contribution is 2.20. The number of imide groups is 1. The summed E-state index contributed by atoms with van der Waals surface area (Å²) in [6.45, 7) is 3.10. The number of hydrogen-bond donors (Lipinski definition) is 2. The molecule has 0 aromatic heterocycles. The number of hydrogen-bond acceptors (Lipinski definition) is 5. The zero-order valence-corrected chi connectivity index (χ0v) is 15.3. The van der Waals surface area contributed by atoms with Crippen LogP contribution in [0.15, 0.2) is 29.3 Å². The van der Waals surface area contributed by atoms with Crippen LogP contribution in [-0.2, 0) is 11.3 Å². The second-order valence-corrected chi connectivity index (χ2v) is 6.56. The summed E-state index contributed by atoms with van der Waals surface area (Å²) >= 11 is 0. The first-order chi connectivity index (χ1) is 12.4. The summed E-state index contributed by atoms with van der Waals surface area (Å²) in [4.78, 5) is 32.1. The number of nitrogens with zero attached hydrogens (tertiary/aromatic N) is 4. The first kappa shape index (κ1) is 18.1. The maximum absolute atomic E-state index is 12.8. The number of fused-ring (bicyclic) bond motifs is 1. The normalized spacial score (nSPS) is 19.8. The third-order valence-corrected chi connectivity index (χ3v) is 4.58. The molecule has 3 rings (SSSR count). The van der Waals surface area contributed by atoms with Crippen molar-refractivity contribution in [3.05, 3.63) is 35.4 Å². The van der Waals surface area contributed by atoms with Gasteiger partial charge in [-0.2, -0.15) is 0 Å². The van der Waals surface area contributed by atoms with Crippen molar-refractivity contribution >= 4 is 23.7 Å². The number of rotatable bonds is 5. The van der Waals surface area contributed by atoms with Gasteiger partial charge in [-0.3, -0.25) is 19.9 Å². The number of aliphatic hydroxyl groups excluding tert-OH is 1.